The molecule has 0 aromatic carbocycles. The van der Waals surface area contributed by atoms with Crippen LogP contribution in [-0.4, -0.2) is 30.8 Å². The fourth-order valence-corrected chi connectivity index (χ4v) is 2.98. The second-order valence-corrected chi connectivity index (χ2v) is 5.45. The predicted octanol–water partition coefficient (Wildman–Crippen LogP) is 1.22. The van der Waals surface area contributed by atoms with Gasteiger partial charge < -0.3 is 0 Å². The summed E-state index contributed by atoms with van der Waals surface area (Å²) in [6, 6.07) is 5.14. The van der Waals surface area contributed by atoms with Crippen LogP contribution in [0.3, 0.4) is 0 Å². The van der Waals surface area contributed by atoms with Gasteiger partial charge in [0.25, 0.3) is 0 Å². The summed E-state index contributed by atoms with van der Waals surface area (Å²) < 4.78 is 27.8. The average Bonchev–Trinajstić information content (AvgIpc) is 2.31. The van der Waals surface area contributed by atoms with Crippen molar-refractivity contribution in [2.75, 3.05) is 17.8 Å². The molecule has 0 aliphatic carbocycles. The molecule has 1 aliphatic heterocycles. The van der Waals surface area contributed by atoms with Crippen LogP contribution >= 0.6 is 0 Å². The van der Waals surface area contributed by atoms with Crippen molar-refractivity contribution in [1.82, 2.24) is 9.29 Å². The number of hydrogen-bond acceptors (Lipinski definition) is 3. The first kappa shape index (κ1) is 11.3. The fraction of sp³-hybridized carbons (Fsp3) is 0.500. The van der Waals surface area contributed by atoms with Gasteiger partial charge in [0.05, 0.1) is 0 Å². The number of anilines is 1. The lowest BCUT2D eigenvalue weighted by Gasteiger charge is -2.25. The van der Waals surface area contributed by atoms with Crippen LogP contribution in [0.25, 0.3) is 0 Å². The molecule has 1 aromatic heterocycles. The van der Waals surface area contributed by atoms with Crippen molar-refractivity contribution >= 4 is 16.0 Å². The first-order chi connectivity index (χ1) is 7.68. The molecule has 1 aromatic rings. The Balaban J connectivity index is 2.08. The Morgan fingerprint density at radius 1 is 1.19 bits per heavy atom. The van der Waals surface area contributed by atoms with Gasteiger partial charge in [-0.25, -0.2) is 4.98 Å². The zero-order valence-electron chi connectivity index (χ0n) is 8.96. The van der Waals surface area contributed by atoms with Crippen molar-refractivity contribution in [2.45, 2.75) is 19.3 Å². The summed E-state index contributed by atoms with van der Waals surface area (Å²) in [6.07, 6.45) is 4.54. The first-order valence-electron chi connectivity index (χ1n) is 5.37. The van der Waals surface area contributed by atoms with E-state index in [2.05, 4.69) is 9.71 Å². The Hall–Kier alpha value is -1.14. The Labute approximate surface area is 95.7 Å². The largest absolute Gasteiger partial charge is 0.302 e. The number of nitrogens with zero attached hydrogens (tertiary/aromatic N) is 2. The molecule has 0 saturated carbocycles. The molecule has 1 saturated heterocycles. The highest BCUT2D eigenvalue weighted by Gasteiger charge is 2.23. The van der Waals surface area contributed by atoms with Gasteiger partial charge in [-0.2, -0.15) is 12.7 Å². The van der Waals surface area contributed by atoms with Crippen molar-refractivity contribution in [3.8, 4) is 0 Å². The highest BCUT2D eigenvalue weighted by atomic mass is 32.2. The molecule has 88 valence electrons. The maximum Gasteiger partial charge on any atom is 0.302 e. The van der Waals surface area contributed by atoms with Crippen molar-refractivity contribution in [2.24, 2.45) is 0 Å². The van der Waals surface area contributed by atoms with Gasteiger partial charge in [-0.3, -0.25) is 4.72 Å². The normalized spacial score (nSPS) is 18.2. The van der Waals surface area contributed by atoms with E-state index in [1.165, 1.54) is 4.31 Å². The van der Waals surface area contributed by atoms with Gasteiger partial charge >= 0.3 is 10.2 Å². The minimum Gasteiger partial charge on any atom is -0.254 e. The van der Waals surface area contributed by atoms with Crippen LogP contribution < -0.4 is 4.72 Å². The van der Waals surface area contributed by atoms with E-state index in [4.69, 9.17) is 0 Å². The van der Waals surface area contributed by atoms with E-state index in [1.807, 2.05) is 0 Å². The Kier molecular flexibility index (Phi) is 3.40. The molecule has 1 N–H and O–H groups in total. The van der Waals surface area contributed by atoms with Crippen LogP contribution in [0.2, 0.25) is 0 Å². The van der Waals surface area contributed by atoms with Crippen LogP contribution in [0.1, 0.15) is 19.3 Å². The third kappa shape index (κ3) is 2.70. The second kappa shape index (κ2) is 4.80. The molecule has 1 aliphatic rings. The molecule has 0 bridgehead atoms. The first-order valence-corrected chi connectivity index (χ1v) is 6.81. The SMILES string of the molecule is O=S(=O)(Nc1ccccn1)N1CCCCC1. The van der Waals surface area contributed by atoms with Gasteiger partial charge in [-0.15, -0.1) is 0 Å². The summed E-state index contributed by atoms with van der Waals surface area (Å²) in [6.45, 7) is 1.20. The third-order valence-corrected chi connectivity index (χ3v) is 4.07. The molecule has 2 rings (SSSR count). The molecule has 5 nitrogen and oxygen atoms in total. The Morgan fingerprint density at radius 3 is 2.56 bits per heavy atom. The molecule has 0 unspecified atom stereocenters. The summed E-state index contributed by atoms with van der Waals surface area (Å²) in [7, 11) is -3.42. The highest BCUT2D eigenvalue weighted by Crippen LogP contribution is 2.14. The van der Waals surface area contributed by atoms with E-state index in [9.17, 15) is 8.42 Å². The minimum absolute atomic E-state index is 0.369. The molecule has 0 spiro atoms. The molecule has 2 heterocycles. The maximum absolute atomic E-state index is 11.9. The summed E-state index contributed by atoms with van der Waals surface area (Å²) >= 11 is 0. The van der Waals surface area contributed by atoms with E-state index in [-0.39, 0.29) is 0 Å². The van der Waals surface area contributed by atoms with Gasteiger partial charge in [0.2, 0.25) is 0 Å². The third-order valence-electron chi connectivity index (χ3n) is 2.55. The van der Waals surface area contributed by atoms with Gasteiger partial charge in [-0.05, 0) is 25.0 Å². The number of rotatable bonds is 3. The lowest BCUT2D eigenvalue weighted by Crippen LogP contribution is -2.39. The van der Waals surface area contributed by atoms with Crippen molar-refractivity contribution in [3.05, 3.63) is 24.4 Å². The zero-order chi connectivity index (χ0) is 11.4. The van der Waals surface area contributed by atoms with Crippen molar-refractivity contribution < 1.29 is 8.42 Å². The Bertz CT molecular complexity index is 427. The van der Waals surface area contributed by atoms with E-state index in [1.54, 1.807) is 24.4 Å². The number of aromatic nitrogens is 1. The van der Waals surface area contributed by atoms with Crippen LogP contribution in [0.4, 0.5) is 5.82 Å². The maximum atomic E-state index is 11.9. The lowest BCUT2D eigenvalue weighted by atomic mass is 10.2. The van der Waals surface area contributed by atoms with Crippen LogP contribution in [-0.2, 0) is 10.2 Å². The van der Waals surface area contributed by atoms with Crippen LogP contribution in [0.15, 0.2) is 24.4 Å². The summed E-state index contributed by atoms with van der Waals surface area (Å²) in [5, 5.41) is 0. The average molecular weight is 241 g/mol. The molecule has 16 heavy (non-hydrogen) atoms. The second-order valence-electron chi connectivity index (χ2n) is 3.78. The number of hydrogen-bond donors (Lipinski definition) is 1. The topological polar surface area (TPSA) is 62.3 Å². The standard InChI is InChI=1S/C10H15N3O2S/c14-16(15,13-8-4-1-5-9-13)12-10-6-2-3-7-11-10/h2-3,6-7H,1,4-5,8-9H2,(H,11,12). The van der Waals surface area contributed by atoms with Crippen molar-refractivity contribution in [3.63, 3.8) is 0 Å². The van der Waals surface area contributed by atoms with Gasteiger partial charge in [0.1, 0.15) is 5.82 Å². The van der Waals surface area contributed by atoms with Crippen LogP contribution in [0, 0.1) is 0 Å². The van der Waals surface area contributed by atoms with Crippen LogP contribution in [0.5, 0.6) is 0 Å². The molecular weight excluding hydrogens is 226 g/mol. The van der Waals surface area contributed by atoms with Gasteiger partial charge in [-0.1, -0.05) is 12.5 Å². The molecule has 0 atom stereocenters. The highest BCUT2D eigenvalue weighted by molar-refractivity contribution is 7.90. The molecule has 6 heteroatoms. The summed E-state index contributed by atoms with van der Waals surface area (Å²) in [5.41, 5.74) is 0. The summed E-state index contributed by atoms with van der Waals surface area (Å²) in [4.78, 5) is 3.94. The fourth-order valence-electron chi connectivity index (χ4n) is 1.73. The van der Waals surface area contributed by atoms with E-state index in [0.29, 0.717) is 18.9 Å². The van der Waals surface area contributed by atoms with E-state index >= 15 is 0 Å². The molecule has 0 radical (unpaired) electrons. The zero-order valence-corrected chi connectivity index (χ0v) is 9.78. The molecule has 1 fully saturated rings. The smallest absolute Gasteiger partial charge is 0.254 e. The quantitative estimate of drug-likeness (QED) is 0.865. The van der Waals surface area contributed by atoms with E-state index in [0.717, 1.165) is 19.3 Å². The van der Waals surface area contributed by atoms with E-state index < -0.39 is 10.2 Å². The number of piperidine rings is 1. The molecule has 0 amide bonds. The molecular formula is C10H15N3O2S. The predicted molar refractivity (Wildman–Crippen MR) is 62.2 cm³/mol. The monoisotopic (exact) mass is 241 g/mol. The van der Waals surface area contributed by atoms with Crippen molar-refractivity contribution in [1.29, 1.82) is 0 Å². The van der Waals surface area contributed by atoms with Gasteiger partial charge in [0, 0.05) is 19.3 Å². The summed E-state index contributed by atoms with van der Waals surface area (Å²) in [5.74, 6) is 0.369. The lowest BCUT2D eigenvalue weighted by molar-refractivity contribution is 0.349. The number of nitrogens with one attached hydrogen (secondary N) is 1. The minimum atomic E-state index is -3.42. The Morgan fingerprint density at radius 2 is 1.94 bits per heavy atom. The van der Waals surface area contributed by atoms with Gasteiger partial charge in [0.15, 0.2) is 0 Å². The number of pyridine rings is 1.